The van der Waals surface area contributed by atoms with Crippen LogP contribution in [0, 0.1) is 20.8 Å². The lowest BCUT2D eigenvalue weighted by Gasteiger charge is -2.12. The van der Waals surface area contributed by atoms with Crippen LogP contribution in [-0.4, -0.2) is 45.9 Å². The van der Waals surface area contributed by atoms with Crippen molar-refractivity contribution in [1.82, 2.24) is 39.3 Å². The van der Waals surface area contributed by atoms with Gasteiger partial charge in [-0.15, -0.1) is 10.2 Å². The maximum absolute atomic E-state index is 5.91. The number of aromatic nitrogens is 8. The predicted molar refractivity (Wildman–Crippen MR) is 160 cm³/mol. The number of ether oxygens (including phenoxy) is 1. The van der Waals surface area contributed by atoms with Gasteiger partial charge in [-0.3, -0.25) is 4.57 Å². The maximum atomic E-state index is 5.91. The molecule has 4 aromatic heterocycles. The highest BCUT2D eigenvalue weighted by Crippen LogP contribution is 2.34. The topological polar surface area (TPSA) is 88.5 Å². The van der Waals surface area contributed by atoms with E-state index in [1.54, 1.807) is 4.80 Å². The fourth-order valence-corrected chi connectivity index (χ4v) is 5.45. The van der Waals surface area contributed by atoms with Crippen LogP contribution < -0.4 is 4.74 Å². The van der Waals surface area contributed by atoms with Crippen molar-refractivity contribution in [1.29, 1.82) is 0 Å². The van der Waals surface area contributed by atoms with E-state index in [0.717, 1.165) is 62.6 Å². The second kappa shape index (κ2) is 11.0. The maximum Gasteiger partial charge on any atom is 0.298 e. The third-order valence-corrected chi connectivity index (χ3v) is 7.31. The monoisotopic (exact) mass is 546 g/mol. The molecule has 9 nitrogen and oxygen atoms in total. The quantitative estimate of drug-likeness (QED) is 0.221. The third kappa shape index (κ3) is 5.11. The summed E-state index contributed by atoms with van der Waals surface area (Å²) in [5.74, 6) is 0.623. The molecule has 41 heavy (non-hydrogen) atoms. The molecule has 0 saturated heterocycles. The highest BCUT2D eigenvalue weighted by molar-refractivity contribution is 5.80. The van der Waals surface area contributed by atoms with Crippen molar-refractivity contribution in [2.75, 3.05) is 6.61 Å². The molecule has 0 saturated carbocycles. The van der Waals surface area contributed by atoms with Gasteiger partial charge in [0.1, 0.15) is 5.52 Å². The Bertz CT molecular complexity index is 1810. The molecule has 0 radical (unpaired) electrons. The average Bonchev–Trinajstić information content (AvgIpc) is 3.66. The van der Waals surface area contributed by atoms with Crippen LogP contribution in [-0.2, 0) is 19.6 Å². The van der Waals surface area contributed by atoms with Gasteiger partial charge < -0.3 is 9.30 Å². The summed E-state index contributed by atoms with van der Waals surface area (Å²) in [7, 11) is 0. The van der Waals surface area contributed by atoms with Crippen LogP contribution in [0.4, 0.5) is 0 Å². The van der Waals surface area contributed by atoms with Gasteiger partial charge in [0, 0.05) is 23.5 Å². The van der Waals surface area contributed by atoms with E-state index in [0.29, 0.717) is 31.5 Å². The predicted octanol–water partition coefficient (Wildman–Crippen LogP) is 5.99. The molecule has 9 heteroatoms. The standard InChI is InChI=1S/C32H34N8O/c1-6-38-23(5)18-27(30-35-37-40(36-30)20-24-11-9-8-10-12-24)29(38)26-15-13-25(14-16-26)19-39-31-28(34-32(39)41-7-2)21(3)17-22(4)33-31/h8-18H,6-7,19-20H2,1-5H3. The lowest BCUT2D eigenvalue weighted by Crippen LogP contribution is -2.06. The zero-order valence-electron chi connectivity index (χ0n) is 24.2. The smallest absolute Gasteiger partial charge is 0.298 e. The highest BCUT2D eigenvalue weighted by Gasteiger charge is 2.20. The average molecular weight is 547 g/mol. The van der Waals surface area contributed by atoms with Gasteiger partial charge in [0.25, 0.3) is 6.01 Å². The van der Waals surface area contributed by atoms with Gasteiger partial charge in [-0.1, -0.05) is 54.6 Å². The van der Waals surface area contributed by atoms with Crippen molar-refractivity contribution in [3.05, 3.63) is 94.8 Å². The third-order valence-electron chi connectivity index (χ3n) is 7.31. The molecule has 0 unspecified atom stereocenters. The summed E-state index contributed by atoms with van der Waals surface area (Å²) in [5.41, 5.74) is 10.4. The highest BCUT2D eigenvalue weighted by atomic mass is 16.5. The largest absolute Gasteiger partial charge is 0.465 e. The summed E-state index contributed by atoms with van der Waals surface area (Å²) in [5, 5.41) is 13.5. The molecular formula is C32H34N8O. The van der Waals surface area contributed by atoms with Crippen molar-refractivity contribution < 1.29 is 4.74 Å². The summed E-state index contributed by atoms with van der Waals surface area (Å²) in [6.45, 7) is 12.9. The molecule has 0 spiro atoms. The van der Waals surface area contributed by atoms with E-state index in [1.807, 2.05) is 32.0 Å². The normalized spacial score (nSPS) is 11.4. The minimum atomic E-state index is 0.542. The second-order valence-corrected chi connectivity index (χ2v) is 10.3. The van der Waals surface area contributed by atoms with Gasteiger partial charge in [-0.05, 0) is 74.2 Å². The number of imidazole rings is 1. The Morgan fingerprint density at radius 2 is 1.56 bits per heavy atom. The zero-order chi connectivity index (χ0) is 28.5. The molecule has 0 aliphatic carbocycles. The van der Waals surface area contributed by atoms with Crippen molar-refractivity contribution in [3.8, 4) is 28.7 Å². The van der Waals surface area contributed by atoms with Crippen molar-refractivity contribution in [3.63, 3.8) is 0 Å². The zero-order valence-corrected chi connectivity index (χ0v) is 24.2. The van der Waals surface area contributed by atoms with Crippen LogP contribution >= 0.6 is 0 Å². The molecule has 6 rings (SSSR count). The van der Waals surface area contributed by atoms with Crippen LogP contribution in [0.25, 0.3) is 33.8 Å². The lowest BCUT2D eigenvalue weighted by atomic mass is 10.0. The van der Waals surface area contributed by atoms with E-state index in [9.17, 15) is 0 Å². The lowest BCUT2D eigenvalue weighted by molar-refractivity contribution is 0.301. The van der Waals surface area contributed by atoms with E-state index in [2.05, 4.69) is 88.7 Å². The summed E-state index contributed by atoms with van der Waals surface area (Å²) >= 11 is 0. The number of pyridine rings is 1. The van der Waals surface area contributed by atoms with E-state index in [1.165, 1.54) is 0 Å². The molecule has 2 aromatic carbocycles. The van der Waals surface area contributed by atoms with Crippen molar-refractivity contribution >= 4 is 11.2 Å². The molecule has 4 heterocycles. The number of tetrazole rings is 1. The molecular weight excluding hydrogens is 512 g/mol. The Labute approximate surface area is 239 Å². The first-order valence-corrected chi connectivity index (χ1v) is 14.0. The number of benzene rings is 2. The molecule has 0 amide bonds. The van der Waals surface area contributed by atoms with Gasteiger partial charge in [0.2, 0.25) is 5.82 Å². The van der Waals surface area contributed by atoms with E-state index in [4.69, 9.17) is 19.8 Å². The van der Waals surface area contributed by atoms with Crippen LogP contribution in [0.5, 0.6) is 6.01 Å². The first-order chi connectivity index (χ1) is 19.9. The Morgan fingerprint density at radius 1 is 0.805 bits per heavy atom. The molecule has 0 fully saturated rings. The second-order valence-electron chi connectivity index (χ2n) is 10.3. The van der Waals surface area contributed by atoms with Crippen LogP contribution in [0.2, 0.25) is 0 Å². The van der Waals surface area contributed by atoms with Crippen LogP contribution in [0.3, 0.4) is 0 Å². The molecule has 0 atom stereocenters. The van der Waals surface area contributed by atoms with Gasteiger partial charge >= 0.3 is 0 Å². The SMILES string of the molecule is CCOc1nc2c(C)cc(C)nc2n1Cc1ccc(-c2c(-c3nnn(Cc4ccccc4)n3)cc(C)n2CC)cc1. The number of rotatable bonds is 9. The van der Waals surface area contributed by atoms with Crippen LogP contribution in [0.15, 0.2) is 66.7 Å². The summed E-state index contributed by atoms with van der Waals surface area (Å²) in [6, 6.07) is 23.6. The summed E-state index contributed by atoms with van der Waals surface area (Å²) in [4.78, 5) is 11.2. The van der Waals surface area contributed by atoms with Crippen LogP contribution in [0.1, 0.15) is 41.9 Å². The first-order valence-electron chi connectivity index (χ1n) is 14.0. The molecule has 0 bridgehead atoms. The number of nitrogens with zero attached hydrogens (tertiary/aromatic N) is 8. The fraction of sp³-hybridized carbons (Fsp3) is 0.281. The van der Waals surface area contributed by atoms with E-state index >= 15 is 0 Å². The number of hydrogen-bond acceptors (Lipinski definition) is 6. The molecule has 0 N–H and O–H groups in total. The van der Waals surface area contributed by atoms with Crippen molar-refractivity contribution in [2.45, 2.75) is 54.3 Å². The Kier molecular flexibility index (Phi) is 7.09. The van der Waals surface area contributed by atoms with Gasteiger partial charge in [-0.25, -0.2) is 4.98 Å². The van der Waals surface area contributed by atoms with Gasteiger partial charge in [-0.2, -0.15) is 9.78 Å². The molecule has 208 valence electrons. The molecule has 0 aliphatic heterocycles. The minimum absolute atomic E-state index is 0.542. The summed E-state index contributed by atoms with van der Waals surface area (Å²) in [6.07, 6.45) is 0. The van der Waals surface area contributed by atoms with E-state index in [-0.39, 0.29) is 0 Å². The number of hydrogen-bond donors (Lipinski definition) is 0. The molecule has 0 aliphatic rings. The molecule has 6 aromatic rings. The Morgan fingerprint density at radius 3 is 2.29 bits per heavy atom. The fourth-order valence-electron chi connectivity index (χ4n) is 5.45. The number of fused-ring (bicyclic) bond motifs is 1. The minimum Gasteiger partial charge on any atom is -0.465 e. The Hall–Kier alpha value is -4.79. The van der Waals surface area contributed by atoms with Crippen molar-refractivity contribution in [2.24, 2.45) is 0 Å². The van der Waals surface area contributed by atoms with E-state index < -0.39 is 0 Å². The summed E-state index contributed by atoms with van der Waals surface area (Å²) < 4.78 is 10.3. The Balaban J connectivity index is 1.33. The number of aryl methyl sites for hydroxylation is 3. The van der Waals surface area contributed by atoms with Gasteiger partial charge in [0.15, 0.2) is 5.65 Å². The first kappa shape index (κ1) is 26.4. The van der Waals surface area contributed by atoms with Gasteiger partial charge in [0.05, 0.1) is 25.4 Å².